The number of nitrogens with zero attached hydrogens (tertiary/aromatic N) is 3. The molecule has 5 heteroatoms. The van der Waals surface area contributed by atoms with Gasteiger partial charge in [0.25, 0.3) is 0 Å². The van der Waals surface area contributed by atoms with Gasteiger partial charge in [0, 0.05) is 31.6 Å². The van der Waals surface area contributed by atoms with Gasteiger partial charge >= 0.3 is 0 Å². The maximum Gasteiger partial charge on any atom is 0.223 e. The first kappa shape index (κ1) is 18.5. The van der Waals surface area contributed by atoms with Crippen molar-refractivity contribution < 1.29 is 4.79 Å². The first-order valence-corrected chi connectivity index (χ1v) is 9.59. The van der Waals surface area contributed by atoms with Gasteiger partial charge in [0.1, 0.15) is 5.82 Å². The van der Waals surface area contributed by atoms with Crippen LogP contribution in [0.15, 0.2) is 42.6 Å². The van der Waals surface area contributed by atoms with E-state index in [1.54, 1.807) is 0 Å². The number of nitrogens with one attached hydrogen (secondary N) is 1. The van der Waals surface area contributed by atoms with Crippen LogP contribution >= 0.6 is 0 Å². The van der Waals surface area contributed by atoms with Crippen LogP contribution in [-0.4, -0.2) is 40.4 Å². The topological polar surface area (TPSA) is 58.1 Å². The van der Waals surface area contributed by atoms with Gasteiger partial charge in [-0.2, -0.15) is 0 Å². The molecule has 1 amide bonds. The van der Waals surface area contributed by atoms with Crippen molar-refractivity contribution in [3.05, 3.63) is 59.7 Å². The van der Waals surface area contributed by atoms with E-state index < -0.39 is 0 Å². The second kappa shape index (κ2) is 9.43. The molecule has 1 aromatic carbocycles. The van der Waals surface area contributed by atoms with E-state index in [9.17, 15) is 4.79 Å². The Morgan fingerprint density at radius 2 is 1.96 bits per heavy atom. The number of rotatable bonds is 7. The highest BCUT2D eigenvalue weighted by atomic mass is 16.1. The Balaban J connectivity index is 1.39. The van der Waals surface area contributed by atoms with Gasteiger partial charge in [-0.1, -0.05) is 37.3 Å². The van der Waals surface area contributed by atoms with E-state index in [0.29, 0.717) is 6.54 Å². The Morgan fingerprint density at radius 3 is 2.69 bits per heavy atom. The van der Waals surface area contributed by atoms with Crippen LogP contribution in [0.3, 0.4) is 0 Å². The quantitative estimate of drug-likeness (QED) is 0.832. The summed E-state index contributed by atoms with van der Waals surface area (Å²) < 4.78 is 0. The average Bonchev–Trinajstić information content (AvgIpc) is 2.69. The number of benzene rings is 1. The van der Waals surface area contributed by atoms with Crippen LogP contribution in [0.25, 0.3) is 0 Å². The van der Waals surface area contributed by atoms with E-state index in [-0.39, 0.29) is 11.8 Å². The minimum absolute atomic E-state index is 0.138. The van der Waals surface area contributed by atoms with Crippen LogP contribution < -0.4 is 5.32 Å². The van der Waals surface area contributed by atoms with E-state index in [1.807, 2.05) is 30.5 Å². The molecule has 1 aliphatic heterocycles. The maximum atomic E-state index is 12.4. The number of hydrogen-bond acceptors (Lipinski definition) is 4. The molecule has 1 aliphatic rings. The molecule has 26 heavy (non-hydrogen) atoms. The maximum absolute atomic E-state index is 12.4. The lowest BCUT2D eigenvalue weighted by Crippen LogP contribution is -2.40. The van der Waals surface area contributed by atoms with Crippen molar-refractivity contribution in [2.45, 2.75) is 39.2 Å². The fraction of sp³-hybridized carbons (Fsp3) is 0.476. The Labute approximate surface area is 155 Å². The average molecular weight is 352 g/mol. The zero-order chi connectivity index (χ0) is 18.2. The van der Waals surface area contributed by atoms with Gasteiger partial charge in [0.05, 0.1) is 5.69 Å². The van der Waals surface area contributed by atoms with Crippen molar-refractivity contribution in [1.82, 2.24) is 20.2 Å². The molecule has 2 aromatic rings. The van der Waals surface area contributed by atoms with E-state index >= 15 is 0 Å². The summed E-state index contributed by atoms with van der Waals surface area (Å²) in [5.41, 5.74) is 2.33. The van der Waals surface area contributed by atoms with Gasteiger partial charge in [0.2, 0.25) is 5.91 Å². The fourth-order valence-electron chi connectivity index (χ4n) is 3.40. The number of aromatic nitrogens is 2. The van der Waals surface area contributed by atoms with Crippen LogP contribution in [0, 0.1) is 5.92 Å². The minimum Gasteiger partial charge on any atom is -0.356 e. The third-order valence-corrected chi connectivity index (χ3v) is 4.98. The first-order valence-electron chi connectivity index (χ1n) is 9.59. The lowest BCUT2D eigenvalue weighted by Gasteiger charge is -2.31. The molecular weight excluding hydrogens is 324 g/mol. The molecule has 1 saturated heterocycles. The third-order valence-electron chi connectivity index (χ3n) is 4.98. The molecule has 0 radical (unpaired) electrons. The molecule has 0 spiro atoms. The summed E-state index contributed by atoms with van der Waals surface area (Å²) in [6.45, 7) is 5.52. The van der Waals surface area contributed by atoms with Crippen LogP contribution in [0.4, 0.5) is 0 Å². The number of aryl methyl sites for hydroxylation is 1. The van der Waals surface area contributed by atoms with Gasteiger partial charge in [-0.25, -0.2) is 9.97 Å². The van der Waals surface area contributed by atoms with Gasteiger partial charge in [-0.3, -0.25) is 9.69 Å². The lowest BCUT2D eigenvalue weighted by molar-refractivity contribution is -0.126. The second-order valence-corrected chi connectivity index (χ2v) is 6.89. The van der Waals surface area contributed by atoms with Crippen molar-refractivity contribution in [2.75, 3.05) is 19.6 Å². The minimum atomic E-state index is 0.138. The summed E-state index contributed by atoms with van der Waals surface area (Å²) in [6.07, 6.45) is 5.43. The first-order chi connectivity index (χ1) is 12.7. The number of amides is 1. The smallest absolute Gasteiger partial charge is 0.223 e. The predicted octanol–water partition coefficient (Wildman–Crippen LogP) is 2.61. The van der Waals surface area contributed by atoms with Gasteiger partial charge < -0.3 is 5.32 Å². The Morgan fingerprint density at radius 1 is 1.19 bits per heavy atom. The lowest BCUT2D eigenvalue weighted by atomic mass is 9.95. The number of piperidine rings is 1. The van der Waals surface area contributed by atoms with Crippen LogP contribution in [0.2, 0.25) is 0 Å². The summed E-state index contributed by atoms with van der Waals surface area (Å²) >= 11 is 0. The highest BCUT2D eigenvalue weighted by Crippen LogP contribution is 2.19. The molecule has 1 aromatic heterocycles. The highest BCUT2D eigenvalue weighted by Gasteiger charge is 2.24. The standard InChI is InChI=1S/C21H28N4O/c1-2-20-22-13-9-19(24-20)16-25-14-10-18(11-15-25)21(26)23-12-8-17-6-4-3-5-7-17/h3-7,9,13,18H,2,8,10-12,14-16H2,1H3,(H,23,26). The largest absolute Gasteiger partial charge is 0.356 e. The molecule has 0 saturated carbocycles. The Kier molecular flexibility index (Phi) is 6.72. The van der Waals surface area contributed by atoms with Crippen LogP contribution in [-0.2, 0) is 24.2 Å². The van der Waals surface area contributed by atoms with E-state index in [1.165, 1.54) is 5.56 Å². The molecular formula is C21H28N4O. The molecule has 0 bridgehead atoms. The SMILES string of the molecule is CCc1nccc(CN2CCC(C(=O)NCCc3ccccc3)CC2)n1. The third kappa shape index (κ3) is 5.36. The summed E-state index contributed by atoms with van der Waals surface area (Å²) in [6, 6.07) is 12.3. The zero-order valence-corrected chi connectivity index (χ0v) is 15.5. The van der Waals surface area contributed by atoms with Crippen LogP contribution in [0.5, 0.6) is 0 Å². The summed E-state index contributed by atoms with van der Waals surface area (Å²) in [5.74, 6) is 1.24. The summed E-state index contributed by atoms with van der Waals surface area (Å²) in [4.78, 5) is 23.6. The molecule has 1 fully saturated rings. The molecule has 5 nitrogen and oxygen atoms in total. The molecule has 0 aliphatic carbocycles. The second-order valence-electron chi connectivity index (χ2n) is 6.89. The van der Waals surface area contributed by atoms with E-state index in [4.69, 9.17) is 0 Å². The number of carbonyl (C=O) groups is 1. The Hall–Kier alpha value is -2.27. The number of likely N-dealkylation sites (tertiary alicyclic amines) is 1. The summed E-state index contributed by atoms with van der Waals surface area (Å²) in [7, 11) is 0. The zero-order valence-electron chi connectivity index (χ0n) is 15.5. The monoisotopic (exact) mass is 352 g/mol. The number of carbonyl (C=O) groups excluding carboxylic acids is 1. The van der Waals surface area contributed by atoms with Gasteiger partial charge in [-0.05, 0) is 44.0 Å². The molecule has 0 unspecified atom stereocenters. The van der Waals surface area contributed by atoms with Crippen molar-refractivity contribution in [3.63, 3.8) is 0 Å². The fourth-order valence-corrected chi connectivity index (χ4v) is 3.40. The summed E-state index contributed by atoms with van der Waals surface area (Å²) in [5, 5.41) is 3.10. The van der Waals surface area contributed by atoms with Crippen LogP contribution in [0.1, 0.15) is 36.8 Å². The van der Waals surface area contributed by atoms with E-state index in [2.05, 4.69) is 39.2 Å². The molecule has 2 heterocycles. The highest BCUT2D eigenvalue weighted by molar-refractivity contribution is 5.78. The molecule has 0 atom stereocenters. The van der Waals surface area contributed by atoms with Crippen molar-refractivity contribution in [2.24, 2.45) is 5.92 Å². The van der Waals surface area contributed by atoms with Gasteiger partial charge in [0.15, 0.2) is 0 Å². The normalized spacial score (nSPS) is 15.7. The van der Waals surface area contributed by atoms with Crippen molar-refractivity contribution in [3.8, 4) is 0 Å². The molecule has 3 rings (SSSR count). The molecule has 138 valence electrons. The predicted molar refractivity (Wildman–Crippen MR) is 103 cm³/mol. The number of hydrogen-bond donors (Lipinski definition) is 1. The van der Waals surface area contributed by atoms with Crippen molar-refractivity contribution in [1.29, 1.82) is 0 Å². The van der Waals surface area contributed by atoms with Gasteiger partial charge in [-0.15, -0.1) is 0 Å². The van der Waals surface area contributed by atoms with E-state index in [0.717, 1.165) is 56.8 Å². The Bertz CT molecular complexity index is 696. The van der Waals surface area contributed by atoms with Crippen molar-refractivity contribution >= 4 is 5.91 Å². The molecule has 1 N–H and O–H groups in total.